The second-order valence-corrected chi connectivity index (χ2v) is 5.08. The van der Waals surface area contributed by atoms with Crippen LogP contribution in [0.1, 0.15) is 19.8 Å². The van der Waals surface area contributed by atoms with Gasteiger partial charge in [0.2, 0.25) is 11.7 Å². The van der Waals surface area contributed by atoms with E-state index in [1.165, 1.54) is 11.0 Å². The Balaban J connectivity index is 2.62. The molecule has 1 atom stereocenters. The van der Waals surface area contributed by atoms with E-state index in [0.29, 0.717) is 17.3 Å². The van der Waals surface area contributed by atoms with Crippen molar-refractivity contribution >= 4 is 33.2 Å². The number of anilines is 1. The summed E-state index contributed by atoms with van der Waals surface area (Å²) < 4.78 is 14.0. The largest absolute Gasteiger partial charge is 0.328 e. The smallest absolute Gasteiger partial charge is 0.303 e. The fourth-order valence-corrected chi connectivity index (χ4v) is 2.53. The molecule has 1 saturated heterocycles. The Morgan fingerprint density at radius 1 is 1.56 bits per heavy atom. The van der Waals surface area contributed by atoms with Crippen molar-refractivity contribution in [1.82, 2.24) is 0 Å². The lowest BCUT2D eigenvalue weighted by atomic mass is 10.2. The van der Waals surface area contributed by atoms with Crippen LogP contribution in [0.2, 0.25) is 0 Å². The molecule has 96 valence electrons. The fraction of sp³-hybridized carbons (Fsp3) is 0.364. The first-order chi connectivity index (χ1) is 8.41. The Hall–Kier alpha value is -1.50. The predicted molar refractivity (Wildman–Crippen MR) is 66.9 cm³/mol. The maximum atomic E-state index is 13.7. The zero-order chi connectivity index (χ0) is 13.4. The molecule has 0 aliphatic carbocycles. The van der Waals surface area contributed by atoms with Crippen molar-refractivity contribution in [3.8, 4) is 0 Å². The summed E-state index contributed by atoms with van der Waals surface area (Å²) in [5.41, 5.74) is -0.637. The van der Waals surface area contributed by atoms with Gasteiger partial charge in [0, 0.05) is 16.9 Å². The van der Waals surface area contributed by atoms with Crippen LogP contribution in [0.15, 0.2) is 16.6 Å². The van der Waals surface area contributed by atoms with E-state index >= 15 is 0 Å². The van der Waals surface area contributed by atoms with Crippen molar-refractivity contribution in [3.05, 3.63) is 32.5 Å². The molecule has 0 spiro atoms. The van der Waals surface area contributed by atoms with Gasteiger partial charge in [0.15, 0.2) is 0 Å². The van der Waals surface area contributed by atoms with E-state index in [9.17, 15) is 19.3 Å². The van der Waals surface area contributed by atoms with Crippen molar-refractivity contribution in [2.75, 3.05) is 4.90 Å². The highest BCUT2D eigenvalue weighted by Crippen LogP contribution is 2.38. The molecule has 0 N–H and O–H groups in total. The minimum absolute atomic E-state index is 0.0156. The summed E-state index contributed by atoms with van der Waals surface area (Å²) in [6.45, 7) is 1.79. The minimum Gasteiger partial charge on any atom is -0.303 e. The molecular weight excluding hydrogens is 307 g/mol. The van der Waals surface area contributed by atoms with E-state index in [2.05, 4.69) is 15.9 Å². The summed E-state index contributed by atoms with van der Waals surface area (Å²) >= 11 is 3.08. The highest BCUT2D eigenvalue weighted by Gasteiger charge is 2.35. The normalized spacial score (nSPS) is 19.4. The molecule has 1 heterocycles. The molecule has 18 heavy (non-hydrogen) atoms. The van der Waals surface area contributed by atoms with E-state index < -0.39 is 16.4 Å². The minimum atomic E-state index is -0.948. The van der Waals surface area contributed by atoms with E-state index in [0.717, 1.165) is 6.07 Å². The summed E-state index contributed by atoms with van der Waals surface area (Å²) in [4.78, 5) is 23.2. The van der Waals surface area contributed by atoms with E-state index in [1.54, 1.807) is 6.92 Å². The molecule has 5 nitrogen and oxygen atoms in total. The molecule has 0 saturated carbocycles. The Labute approximate surface area is 111 Å². The van der Waals surface area contributed by atoms with Gasteiger partial charge in [-0.05, 0) is 25.5 Å². The Kier molecular flexibility index (Phi) is 3.34. The third kappa shape index (κ3) is 2.10. The van der Waals surface area contributed by atoms with Crippen molar-refractivity contribution in [2.45, 2.75) is 25.8 Å². The molecule has 0 bridgehead atoms. The molecule has 1 aromatic rings. The molecule has 1 unspecified atom stereocenters. The van der Waals surface area contributed by atoms with Gasteiger partial charge in [-0.15, -0.1) is 0 Å². The maximum Gasteiger partial charge on any atom is 0.328 e. The number of nitro groups is 1. The Morgan fingerprint density at radius 3 is 2.72 bits per heavy atom. The van der Waals surface area contributed by atoms with Crippen molar-refractivity contribution in [2.24, 2.45) is 0 Å². The third-order valence-electron chi connectivity index (χ3n) is 2.94. The van der Waals surface area contributed by atoms with E-state index in [-0.39, 0.29) is 17.6 Å². The summed E-state index contributed by atoms with van der Waals surface area (Å²) in [5, 5.41) is 10.9. The van der Waals surface area contributed by atoms with Gasteiger partial charge in [0.05, 0.1) is 4.92 Å². The number of benzene rings is 1. The second-order valence-electron chi connectivity index (χ2n) is 4.16. The number of carbonyl (C=O) groups excluding carboxylic acids is 1. The number of nitrogens with zero attached hydrogens (tertiary/aromatic N) is 2. The molecule has 7 heteroatoms. The summed E-state index contributed by atoms with van der Waals surface area (Å²) in [6, 6.07) is 2.26. The van der Waals surface area contributed by atoms with Gasteiger partial charge in [0.25, 0.3) is 0 Å². The van der Waals surface area contributed by atoms with Crippen molar-refractivity contribution in [1.29, 1.82) is 0 Å². The standard InChI is InChI=1S/C11H10BrFN2O3/c1-6-2-3-10(16)14(6)9-5-7(12)4-8(13)11(9)15(17)18/h4-6H,2-3H2,1H3. The lowest BCUT2D eigenvalue weighted by molar-refractivity contribution is -0.386. The van der Waals surface area contributed by atoms with Crippen LogP contribution >= 0.6 is 15.9 Å². The summed E-state index contributed by atoms with van der Waals surface area (Å²) in [5.74, 6) is -1.17. The van der Waals surface area contributed by atoms with Crippen LogP contribution in [0.5, 0.6) is 0 Å². The second kappa shape index (κ2) is 4.64. The van der Waals surface area contributed by atoms with Crippen LogP contribution < -0.4 is 4.90 Å². The molecule has 0 radical (unpaired) electrons. The van der Waals surface area contributed by atoms with Gasteiger partial charge < -0.3 is 4.90 Å². The van der Waals surface area contributed by atoms with E-state index in [4.69, 9.17) is 0 Å². The number of nitro benzene ring substituents is 1. The van der Waals surface area contributed by atoms with Crippen molar-refractivity contribution in [3.63, 3.8) is 0 Å². The van der Waals surface area contributed by atoms with Crippen molar-refractivity contribution < 1.29 is 14.1 Å². The lowest BCUT2D eigenvalue weighted by Crippen LogP contribution is -2.31. The van der Waals surface area contributed by atoms with Gasteiger partial charge in [-0.3, -0.25) is 14.9 Å². The predicted octanol–water partition coefficient (Wildman–Crippen LogP) is 3.01. The van der Waals surface area contributed by atoms with Crippen LogP contribution in [-0.2, 0) is 4.79 Å². The average molecular weight is 317 g/mol. The highest BCUT2D eigenvalue weighted by atomic mass is 79.9. The fourth-order valence-electron chi connectivity index (χ4n) is 2.12. The molecule has 0 aromatic heterocycles. The van der Waals surface area contributed by atoms with Gasteiger partial charge >= 0.3 is 5.69 Å². The number of halogens is 2. The number of carbonyl (C=O) groups is 1. The molecular formula is C11H10BrFN2O3. The van der Waals surface area contributed by atoms with Crippen LogP contribution in [0.4, 0.5) is 15.8 Å². The molecule has 1 aliphatic rings. The van der Waals surface area contributed by atoms with Gasteiger partial charge in [-0.1, -0.05) is 15.9 Å². The van der Waals surface area contributed by atoms with Crippen LogP contribution in [-0.4, -0.2) is 16.9 Å². The number of hydrogen-bond acceptors (Lipinski definition) is 3. The van der Waals surface area contributed by atoms with Crippen LogP contribution in [0, 0.1) is 15.9 Å². The van der Waals surface area contributed by atoms with E-state index in [1.807, 2.05) is 0 Å². The first-order valence-corrected chi connectivity index (χ1v) is 6.16. The Morgan fingerprint density at radius 2 is 2.22 bits per heavy atom. The molecule has 1 aromatic carbocycles. The van der Waals surface area contributed by atoms with Crippen LogP contribution in [0.25, 0.3) is 0 Å². The molecule has 1 amide bonds. The molecule has 1 fully saturated rings. The monoisotopic (exact) mass is 316 g/mol. The summed E-state index contributed by atoms with van der Waals surface area (Å²) in [7, 11) is 0. The maximum absolute atomic E-state index is 13.7. The lowest BCUT2D eigenvalue weighted by Gasteiger charge is -2.21. The van der Waals surface area contributed by atoms with Gasteiger partial charge in [-0.25, -0.2) is 0 Å². The molecule has 2 rings (SSSR count). The highest BCUT2D eigenvalue weighted by molar-refractivity contribution is 9.10. The van der Waals surface area contributed by atoms with Crippen LogP contribution in [0.3, 0.4) is 0 Å². The van der Waals surface area contributed by atoms with Gasteiger partial charge in [-0.2, -0.15) is 4.39 Å². The quantitative estimate of drug-likeness (QED) is 0.622. The zero-order valence-electron chi connectivity index (χ0n) is 9.52. The summed E-state index contributed by atoms with van der Waals surface area (Å²) in [6.07, 6.45) is 0.941. The molecule has 1 aliphatic heterocycles. The number of hydrogen-bond donors (Lipinski definition) is 0. The third-order valence-corrected chi connectivity index (χ3v) is 3.39. The topological polar surface area (TPSA) is 63.5 Å². The average Bonchev–Trinajstić information content (AvgIpc) is 2.56. The van der Waals surface area contributed by atoms with Gasteiger partial charge in [0.1, 0.15) is 5.69 Å². The first kappa shape index (κ1) is 12.9. The zero-order valence-corrected chi connectivity index (χ0v) is 11.1. The first-order valence-electron chi connectivity index (χ1n) is 5.37. The Bertz CT molecular complexity index is 535. The number of rotatable bonds is 2. The SMILES string of the molecule is CC1CCC(=O)N1c1cc(Br)cc(F)c1[N+](=O)[O-]. The number of amides is 1.